The van der Waals surface area contributed by atoms with Gasteiger partial charge in [-0.3, -0.25) is 4.79 Å². The predicted octanol–water partition coefficient (Wildman–Crippen LogP) is 1.68. The fourth-order valence-corrected chi connectivity index (χ4v) is 3.98. The molecule has 116 valence electrons. The Bertz CT molecular complexity index is 625. The lowest BCUT2D eigenvalue weighted by Gasteiger charge is -2.34. The number of thioether (sulfide) groups is 1. The molecule has 0 aromatic carbocycles. The van der Waals surface area contributed by atoms with Gasteiger partial charge in [0.1, 0.15) is 0 Å². The van der Waals surface area contributed by atoms with E-state index >= 15 is 0 Å². The van der Waals surface area contributed by atoms with Crippen molar-refractivity contribution in [2.24, 2.45) is 0 Å². The minimum Gasteiger partial charge on any atom is -0.338 e. The molecule has 0 radical (unpaired) electrons. The van der Waals surface area contributed by atoms with Gasteiger partial charge in [0.2, 0.25) is 11.9 Å². The van der Waals surface area contributed by atoms with Gasteiger partial charge in [-0.25, -0.2) is 15.0 Å². The summed E-state index contributed by atoms with van der Waals surface area (Å²) in [6.45, 7) is 4.95. The molecule has 2 aromatic rings. The van der Waals surface area contributed by atoms with Crippen molar-refractivity contribution in [3.05, 3.63) is 29.5 Å². The summed E-state index contributed by atoms with van der Waals surface area (Å²) in [5.41, 5.74) is 1.01. The Hall–Kier alpha value is -1.67. The van der Waals surface area contributed by atoms with Crippen molar-refractivity contribution in [3.63, 3.8) is 0 Å². The number of hydrogen-bond donors (Lipinski definition) is 0. The summed E-state index contributed by atoms with van der Waals surface area (Å²) in [7, 11) is 0. The molecule has 3 rings (SSSR count). The van der Waals surface area contributed by atoms with Crippen LogP contribution in [0.3, 0.4) is 0 Å². The average Bonchev–Trinajstić information content (AvgIpc) is 2.99. The SMILES string of the molecule is Cc1csc(SCC(=O)N2CCN(c3ncccn3)CC2)n1. The highest BCUT2D eigenvalue weighted by Gasteiger charge is 2.22. The van der Waals surface area contributed by atoms with E-state index in [-0.39, 0.29) is 5.91 Å². The number of nitrogens with zero attached hydrogens (tertiary/aromatic N) is 5. The highest BCUT2D eigenvalue weighted by molar-refractivity contribution is 8.01. The second kappa shape index (κ2) is 7.06. The van der Waals surface area contributed by atoms with Crippen LogP contribution in [0.2, 0.25) is 0 Å². The van der Waals surface area contributed by atoms with E-state index in [9.17, 15) is 4.79 Å². The number of aryl methyl sites for hydroxylation is 1. The zero-order valence-electron chi connectivity index (χ0n) is 12.3. The van der Waals surface area contributed by atoms with E-state index in [0.29, 0.717) is 18.8 Å². The Balaban J connectivity index is 1.47. The molecule has 0 aliphatic carbocycles. The normalized spacial score (nSPS) is 15.1. The molecule has 0 saturated carbocycles. The summed E-state index contributed by atoms with van der Waals surface area (Å²) >= 11 is 3.11. The Morgan fingerprint density at radius 3 is 2.64 bits per heavy atom. The van der Waals surface area contributed by atoms with Gasteiger partial charge in [0.15, 0.2) is 4.34 Å². The Morgan fingerprint density at radius 2 is 2.00 bits per heavy atom. The molecule has 0 unspecified atom stereocenters. The Morgan fingerprint density at radius 1 is 1.27 bits per heavy atom. The number of rotatable bonds is 4. The predicted molar refractivity (Wildman–Crippen MR) is 88.4 cm³/mol. The molecule has 1 saturated heterocycles. The van der Waals surface area contributed by atoms with Gasteiger partial charge in [-0.15, -0.1) is 11.3 Å². The molecule has 3 heterocycles. The Kier molecular flexibility index (Phi) is 4.89. The van der Waals surface area contributed by atoms with Crippen molar-refractivity contribution < 1.29 is 4.79 Å². The molecule has 8 heteroatoms. The molecule has 1 amide bonds. The summed E-state index contributed by atoms with van der Waals surface area (Å²) in [5.74, 6) is 1.36. The third-order valence-corrected chi connectivity index (χ3v) is 5.51. The minimum absolute atomic E-state index is 0.173. The van der Waals surface area contributed by atoms with Crippen molar-refractivity contribution in [3.8, 4) is 0 Å². The van der Waals surface area contributed by atoms with Crippen molar-refractivity contribution >= 4 is 35.0 Å². The van der Waals surface area contributed by atoms with Gasteiger partial charge < -0.3 is 9.80 Å². The molecule has 0 spiro atoms. The van der Waals surface area contributed by atoms with Crippen LogP contribution in [0, 0.1) is 6.92 Å². The fraction of sp³-hybridized carbons (Fsp3) is 0.429. The maximum absolute atomic E-state index is 12.3. The quantitative estimate of drug-likeness (QED) is 0.792. The second-order valence-corrected chi connectivity index (χ2v) is 7.04. The number of anilines is 1. The first kappa shape index (κ1) is 15.2. The molecular formula is C14H17N5OS2. The molecule has 1 aliphatic rings. The van der Waals surface area contributed by atoms with Gasteiger partial charge in [0, 0.05) is 49.6 Å². The first-order valence-electron chi connectivity index (χ1n) is 7.07. The van der Waals surface area contributed by atoms with Crippen molar-refractivity contribution in [1.82, 2.24) is 19.9 Å². The van der Waals surface area contributed by atoms with Crippen LogP contribution < -0.4 is 4.90 Å². The molecule has 1 fully saturated rings. The van der Waals surface area contributed by atoms with Gasteiger partial charge in [-0.2, -0.15) is 0 Å². The third kappa shape index (κ3) is 3.75. The minimum atomic E-state index is 0.173. The van der Waals surface area contributed by atoms with Crippen molar-refractivity contribution in [2.75, 3.05) is 36.8 Å². The van der Waals surface area contributed by atoms with Crippen LogP contribution >= 0.6 is 23.1 Å². The third-order valence-electron chi connectivity index (χ3n) is 3.38. The summed E-state index contributed by atoms with van der Waals surface area (Å²) in [6.07, 6.45) is 3.49. The summed E-state index contributed by atoms with van der Waals surface area (Å²) in [5, 5.41) is 2.01. The lowest BCUT2D eigenvalue weighted by atomic mass is 10.3. The molecule has 0 N–H and O–H groups in total. The first-order chi connectivity index (χ1) is 10.7. The van der Waals surface area contributed by atoms with E-state index in [0.717, 1.165) is 29.1 Å². The van der Waals surface area contributed by atoms with Crippen LogP contribution in [0.5, 0.6) is 0 Å². The van der Waals surface area contributed by atoms with Gasteiger partial charge in [0.05, 0.1) is 5.75 Å². The van der Waals surface area contributed by atoms with E-state index in [4.69, 9.17) is 0 Å². The number of carbonyl (C=O) groups excluding carboxylic acids is 1. The number of amides is 1. The van der Waals surface area contributed by atoms with Gasteiger partial charge in [-0.05, 0) is 13.0 Å². The van der Waals surface area contributed by atoms with E-state index in [1.54, 1.807) is 29.8 Å². The van der Waals surface area contributed by atoms with E-state index in [1.165, 1.54) is 11.8 Å². The van der Waals surface area contributed by atoms with Crippen molar-refractivity contribution in [2.45, 2.75) is 11.3 Å². The topological polar surface area (TPSA) is 62.2 Å². The number of carbonyl (C=O) groups is 1. The van der Waals surface area contributed by atoms with Crippen LogP contribution in [0.25, 0.3) is 0 Å². The first-order valence-corrected chi connectivity index (χ1v) is 8.93. The van der Waals surface area contributed by atoms with Crippen LogP contribution in [0.4, 0.5) is 5.95 Å². The summed E-state index contributed by atoms with van der Waals surface area (Å²) in [6, 6.07) is 1.81. The molecule has 22 heavy (non-hydrogen) atoms. The van der Waals surface area contributed by atoms with E-state index in [2.05, 4.69) is 19.9 Å². The standard InChI is InChI=1S/C14H17N5OS2/c1-11-9-21-14(17-11)22-10-12(20)18-5-7-19(8-6-18)13-15-3-2-4-16-13/h2-4,9H,5-8,10H2,1H3. The fourth-order valence-electron chi connectivity index (χ4n) is 2.22. The molecule has 0 atom stereocenters. The molecule has 2 aromatic heterocycles. The van der Waals surface area contributed by atoms with Gasteiger partial charge in [-0.1, -0.05) is 11.8 Å². The lowest BCUT2D eigenvalue weighted by molar-refractivity contribution is -0.128. The smallest absolute Gasteiger partial charge is 0.233 e. The number of piperazine rings is 1. The van der Waals surface area contributed by atoms with Gasteiger partial charge in [0.25, 0.3) is 0 Å². The largest absolute Gasteiger partial charge is 0.338 e. The van der Waals surface area contributed by atoms with E-state index in [1.807, 2.05) is 17.2 Å². The maximum atomic E-state index is 12.3. The number of thiazole rings is 1. The lowest BCUT2D eigenvalue weighted by Crippen LogP contribution is -2.49. The maximum Gasteiger partial charge on any atom is 0.233 e. The molecule has 1 aliphatic heterocycles. The molecule has 6 nitrogen and oxygen atoms in total. The van der Waals surface area contributed by atoms with Crippen LogP contribution in [-0.2, 0) is 4.79 Å². The summed E-state index contributed by atoms with van der Waals surface area (Å²) < 4.78 is 0.960. The second-order valence-electron chi connectivity index (χ2n) is 4.96. The molecule has 0 bridgehead atoms. The number of hydrogen-bond acceptors (Lipinski definition) is 7. The van der Waals surface area contributed by atoms with E-state index < -0.39 is 0 Å². The van der Waals surface area contributed by atoms with Crippen LogP contribution in [0.15, 0.2) is 28.2 Å². The number of aromatic nitrogens is 3. The van der Waals surface area contributed by atoms with Crippen LogP contribution in [0.1, 0.15) is 5.69 Å². The van der Waals surface area contributed by atoms with Crippen LogP contribution in [-0.4, -0.2) is 57.7 Å². The average molecular weight is 335 g/mol. The zero-order chi connectivity index (χ0) is 15.4. The summed E-state index contributed by atoms with van der Waals surface area (Å²) in [4.78, 5) is 29.1. The highest BCUT2D eigenvalue weighted by Crippen LogP contribution is 2.22. The molecular weight excluding hydrogens is 318 g/mol. The monoisotopic (exact) mass is 335 g/mol. The Labute approximate surface area is 137 Å². The highest BCUT2D eigenvalue weighted by atomic mass is 32.2. The van der Waals surface area contributed by atoms with Gasteiger partial charge >= 0.3 is 0 Å². The van der Waals surface area contributed by atoms with Crippen molar-refractivity contribution in [1.29, 1.82) is 0 Å². The zero-order valence-corrected chi connectivity index (χ0v) is 13.9.